The molecule has 1 atom stereocenters. The van der Waals surface area contributed by atoms with Crippen LogP contribution >= 0.6 is 0 Å². The van der Waals surface area contributed by atoms with E-state index in [2.05, 4.69) is 79.7 Å². The van der Waals surface area contributed by atoms with E-state index < -0.39 is 0 Å². The molecule has 3 aromatic carbocycles. The van der Waals surface area contributed by atoms with Gasteiger partial charge < -0.3 is 0 Å². The summed E-state index contributed by atoms with van der Waals surface area (Å²) in [5.41, 5.74) is 6.49. The standard InChI is InChI=1S/C28H29N/c1-21(24-5-3-2-4-6-24)19-22-7-11-25(12-8-22)27-15-17-28(18-16-27)26-13-9-23(20-29)10-14-26/h2-14,21,27-28H,15-19H2,1H3/t21-,27?,28?/m1/s1. The molecule has 3 aromatic rings. The number of hydrogen-bond acceptors (Lipinski definition) is 1. The van der Waals surface area contributed by atoms with E-state index in [1.54, 1.807) is 0 Å². The van der Waals surface area contributed by atoms with Gasteiger partial charge in [-0.3, -0.25) is 0 Å². The molecule has 1 aliphatic carbocycles. The first-order chi connectivity index (χ1) is 14.2. The van der Waals surface area contributed by atoms with Crippen molar-refractivity contribution in [1.29, 1.82) is 5.26 Å². The van der Waals surface area contributed by atoms with E-state index >= 15 is 0 Å². The molecule has 1 nitrogen and oxygen atoms in total. The third-order valence-corrected chi connectivity index (χ3v) is 6.60. The minimum absolute atomic E-state index is 0.546. The van der Waals surface area contributed by atoms with Crippen LogP contribution < -0.4 is 0 Å². The van der Waals surface area contributed by atoms with Crippen LogP contribution in [0.2, 0.25) is 0 Å². The van der Waals surface area contributed by atoms with Crippen LogP contribution in [0.3, 0.4) is 0 Å². The predicted octanol–water partition coefficient (Wildman–Crippen LogP) is 7.35. The highest BCUT2D eigenvalue weighted by atomic mass is 14.3. The average molecular weight is 380 g/mol. The van der Waals surface area contributed by atoms with Crippen LogP contribution in [0.25, 0.3) is 0 Å². The van der Waals surface area contributed by atoms with Crippen molar-refractivity contribution in [3.05, 3.63) is 107 Å². The van der Waals surface area contributed by atoms with Crippen molar-refractivity contribution in [2.24, 2.45) is 0 Å². The van der Waals surface area contributed by atoms with Crippen LogP contribution in [0.1, 0.15) is 78.2 Å². The van der Waals surface area contributed by atoms with Gasteiger partial charge in [-0.15, -0.1) is 0 Å². The largest absolute Gasteiger partial charge is 0.192 e. The van der Waals surface area contributed by atoms with Crippen molar-refractivity contribution in [3.8, 4) is 6.07 Å². The van der Waals surface area contributed by atoms with Crippen LogP contribution in [-0.4, -0.2) is 0 Å². The van der Waals surface area contributed by atoms with Crippen LogP contribution in [0.15, 0.2) is 78.9 Å². The highest BCUT2D eigenvalue weighted by Gasteiger charge is 2.23. The van der Waals surface area contributed by atoms with Gasteiger partial charge in [0.2, 0.25) is 0 Å². The van der Waals surface area contributed by atoms with E-state index in [1.165, 1.54) is 47.9 Å². The number of nitrogens with zero attached hydrogens (tertiary/aromatic N) is 1. The minimum Gasteiger partial charge on any atom is -0.192 e. The van der Waals surface area contributed by atoms with Crippen LogP contribution in [-0.2, 0) is 6.42 Å². The molecule has 1 fully saturated rings. The summed E-state index contributed by atoms with van der Waals surface area (Å²) in [5, 5.41) is 8.98. The maximum absolute atomic E-state index is 8.98. The van der Waals surface area contributed by atoms with Crippen molar-refractivity contribution in [3.63, 3.8) is 0 Å². The molecule has 0 amide bonds. The summed E-state index contributed by atoms with van der Waals surface area (Å²) in [6.45, 7) is 2.31. The monoisotopic (exact) mass is 379 g/mol. The molecule has 0 heterocycles. The first-order valence-corrected chi connectivity index (χ1v) is 10.9. The fourth-order valence-corrected chi connectivity index (χ4v) is 4.77. The molecule has 0 aliphatic heterocycles. The van der Waals surface area contributed by atoms with E-state index in [4.69, 9.17) is 5.26 Å². The second-order valence-corrected chi connectivity index (χ2v) is 8.54. The maximum Gasteiger partial charge on any atom is 0.0991 e. The Morgan fingerprint density at radius 1 is 0.759 bits per heavy atom. The van der Waals surface area contributed by atoms with Gasteiger partial charge in [-0.1, -0.05) is 73.7 Å². The summed E-state index contributed by atoms with van der Waals surface area (Å²) in [7, 11) is 0. The Kier molecular flexibility index (Phi) is 6.11. The van der Waals surface area contributed by atoms with Gasteiger partial charge in [0.15, 0.2) is 0 Å². The predicted molar refractivity (Wildman–Crippen MR) is 120 cm³/mol. The van der Waals surface area contributed by atoms with Crippen LogP contribution in [0.5, 0.6) is 0 Å². The van der Waals surface area contributed by atoms with Gasteiger partial charge >= 0.3 is 0 Å². The van der Waals surface area contributed by atoms with Gasteiger partial charge in [-0.2, -0.15) is 5.26 Å². The minimum atomic E-state index is 0.546. The SMILES string of the molecule is C[C@H](Cc1ccc(C2CCC(c3ccc(C#N)cc3)CC2)cc1)c1ccccc1. The lowest BCUT2D eigenvalue weighted by atomic mass is 9.76. The molecule has 1 aliphatic rings. The van der Waals surface area contributed by atoms with Crippen molar-refractivity contribution < 1.29 is 0 Å². The lowest BCUT2D eigenvalue weighted by Crippen LogP contribution is -2.12. The van der Waals surface area contributed by atoms with Crippen molar-refractivity contribution >= 4 is 0 Å². The number of rotatable bonds is 5. The normalized spacial score (nSPS) is 20.0. The zero-order valence-electron chi connectivity index (χ0n) is 17.2. The van der Waals surface area contributed by atoms with Crippen molar-refractivity contribution in [1.82, 2.24) is 0 Å². The van der Waals surface area contributed by atoms with E-state index in [9.17, 15) is 0 Å². The Bertz CT molecular complexity index is 940. The fraction of sp³-hybridized carbons (Fsp3) is 0.321. The highest BCUT2D eigenvalue weighted by molar-refractivity contribution is 5.34. The zero-order chi connectivity index (χ0) is 20.1. The molecule has 146 valence electrons. The summed E-state index contributed by atoms with van der Waals surface area (Å²) in [6.07, 6.45) is 6.08. The Balaban J connectivity index is 1.33. The van der Waals surface area contributed by atoms with E-state index in [-0.39, 0.29) is 0 Å². The Hall–Kier alpha value is -2.85. The molecule has 1 heteroatoms. The third kappa shape index (κ3) is 4.77. The van der Waals surface area contributed by atoms with Crippen LogP contribution in [0, 0.1) is 11.3 Å². The first-order valence-electron chi connectivity index (χ1n) is 10.9. The molecule has 0 saturated heterocycles. The number of nitriles is 1. The molecule has 29 heavy (non-hydrogen) atoms. The molecule has 1 saturated carbocycles. The quantitative estimate of drug-likeness (QED) is 0.455. The first kappa shape index (κ1) is 19.5. The van der Waals surface area contributed by atoms with Crippen molar-refractivity contribution in [2.45, 2.75) is 56.8 Å². The Morgan fingerprint density at radius 3 is 1.79 bits per heavy atom. The van der Waals surface area contributed by atoms with Crippen LogP contribution in [0.4, 0.5) is 0 Å². The second-order valence-electron chi connectivity index (χ2n) is 8.54. The van der Waals surface area contributed by atoms with Crippen molar-refractivity contribution in [2.75, 3.05) is 0 Å². The van der Waals surface area contributed by atoms with E-state index in [1.807, 2.05) is 12.1 Å². The number of hydrogen-bond donors (Lipinski definition) is 0. The number of benzene rings is 3. The lowest BCUT2D eigenvalue weighted by Gasteiger charge is -2.29. The lowest BCUT2D eigenvalue weighted by molar-refractivity contribution is 0.396. The fourth-order valence-electron chi connectivity index (χ4n) is 4.77. The summed E-state index contributed by atoms with van der Waals surface area (Å²) in [5.74, 6) is 1.88. The second kappa shape index (κ2) is 9.10. The smallest absolute Gasteiger partial charge is 0.0991 e. The molecule has 0 spiro atoms. The third-order valence-electron chi connectivity index (χ3n) is 6.60. The van der Waals surface area contributed by atoms with E-state index in [0.29, 0.717) is 17.8 Å². The van der Waals surface area contributed by atoms with Gasteiger partial charge in [0, 0.05) is 0 Å². The summed E-state index contributed by atoms with van der Waals surface area (Å²) in [6, 6.07) is 30.6. The topological polar surface area (TPSA) is 23.8 Å². The molecule has 0 bridgehead atoms. The molecule has 0 radical (unpaired) electrons. The molecule has 0 N–H and O–H groups in total. The molecule has 0 unspecified atom stereocenters. The highest BCUT2D eigenvalue weighted by Crippen LogP contribution is 2.40. The molecular formula is C28H29N. The maximum atomic E-state index is 8.98. The van der Waals surface area contributed by atoms with Gasteiger partial charge in [0.05, 0.1) is 11.6 Å². The molecular weight excluding hydrogens is 350 g/mol. The van der Waals surface area contributed by atoms with E-state index in [0.717, 1.165) is 12.0 Å². The Morgan fingerprint density at radius 2 is 1.28 bits per heavy atom. The van der Waals surface area contributed by atoms with Gasteiger partial charge in [0.25, 0.3) is 0 Å². The zero-order valence-corrected chi connectivity index (χ0v) is 17.2. The van der Waals surface area contributed by atoms with Gasteiger partial charge in [0.1, 0.15) is 0 Å². The van der Waals surface area contributed by atoms with Gasteiger partial charge in [-0.05, 0) is 84.2 Å². The summed E-state index contributed by atoms with van der Waals surface area (Å²) < 4.78 is 0. The Labute approximate surface area is 175 Å². The van der Waals surface area contributed by atoms with Gasteiger partial charge in [-0.25, -0.2) is 0 Å². The summed E-state index contributed by atoms with van der Waals surface area (Å²) >= 11 is 0. The summed E-state index contributed by atoms with van der Waals surface area (Å²) in [4.78, 5) is 0. The molecule has 0 aromatic heterocycles. The molecule has 4 rings (SSSR count). The average Bonchev–Trinajstić information content (AvgIpc) is 2.80.